The lowest BCUT2D eigenvalue weighted by Crippen LogP contribution is -2.24. The van der Waals surface area contributed by atoms with Crippen LogP contribution in [0.15, 0.2) is 12.2 Å². The zero-order valence-corrected chi connectivity index (χ0v) is 7.72. The summed E-state index contributed by atoms with van der Waals surface area (Å²) < 4.78 is 4.71. The Morgan fingerprint density at radius 3 is 2.17 bits per heavy atom. The van der Waals surface area contributed by atoms with Crippen molar-refractivity contribution in [1.82, 2.24) is 0 Å². The first-order valence-electron chi connectivity index (χ1n) is 3.83. The first kappa shape index (κ1) is 10.9. The van der Waals surface area contributed by atoms with Gasteiger partial charge in [0, 0.05) is 0 Å². The molecule has 0 aromatic rings. The van der Waals surface area contributed by atoms with E-state index < -0.39 is 11.9 Å². The maximum absolute atomic E-state index is 11.1. The van der Waals surface area contributed by atoms with Gasteiger partial charge in [-0.25, -0.2) is 0 Å². The van der Waals surface area contributed by atoms with Gasteiger partial charge in [0.05, 0.1) is 6.61 Å². The predicted molar refractivity (Wildman–Crippen MR) is 45.6 cm³/mol. The standard InChI is InChI=1S/C9H14O3/c1-5-12-9(11)8(6(2)3)7(4)10/h8H,2,5H2,1,3-4H3. The molecule has 1 atom stereocenters. The number of Topliss-reactive ketones (excluding diaryl/α,β-unsaturated/α-hetero) is 1. The third-order valence-electron chi connectivity index (χ3n) is 1.42. The molecule has 0 saturated heterocycles. The maximum atomic E-state index is 11.1. The van der Waals surface area contributed by atoms with Gasteiger partial charge >= 0.3 is 5.97 Å². The topological polar surface area (TPSA) is 43.4 Å². The number of esters is 1. The summed E-state index contributed by atoms with van der Waals surface area (Å²) in [6, 6.07) is 0. The zero-order valence-electron chi connectivity index (χ0n) is 7.72. The number of hydrogen-bond acceptors (Lipinski definition) is 3. The second-order valence-electron chi connectivity index (χ2n) is 2.64. The van der Waals surface area contributed by atoms with Gasteiger partial charge in [-0.1, -0.05) is 12.2 Å². The van der Waals surface area contributed by atoms with Crippen LogP contribution in [0.5, 0.6) is 0 Å². The van der Waals surface area contributed by atoms with Gasteiger partial charge in [-0.3, -0.25) is 9.59 Å². The van der Waals surface area contributed by atoms with Crippen molar-refractivity contribution in [2.45, 2.75) is 20.8 Å². The number of ketones is 1. The van der Waals surface area contributed by atoms with E-state index in [9.17, 15) is 9.59 Å². The Morgan fingerprint density at radius 2 is 1.92 bits per heavy atom. The molecule has 0 aliphatic heterocycles. The molecule has 12 heavy (non-hydrogen) atoms. The van der Waals surface area contributed by atoms with E-state index in [1.54, 1.807) is 13.8 Å². The Kier molecular flexibility index (Phi) is 4.26. The molecule has 0 fully saturated rings. The van der Waals surface area contributed by atoms with Crippen LogP contribution in [0.25, 0.3) is 0 Å². The van der Waals surface area contributed by atoms with Crippen LogP contribution >= 0.6 is 0 Å². The minimum Gasteiger partial charge on any atom is -0.465 e. The summed E-state index contributed by atoms with van der Waals surface area (Å²) >= 11 is 0. The number of rotatable bonds is 4. The summed E-state index contributed by atoms with van der Waals surface area (Å²) in [6.07, 6.45) is 0. The fourth-order valence-corrected chi connectivity index (χ4v) is 0.940. The first-order valence-corrected chi connectivity index (χ1v) is 3.83. The Bertz CT molecular complexity index is 192. The molecular formula is C9H14O3. The SMILES string of the molecule is C=C(C)C(C(C)=O)C(=O)OCC. The molecule has 1 unspecified atom stereocenters. The Labute approximate surface area is 72.4 Å². The van der Waals surface area contributed by atoms with Crippen molar-refractivity contribution < 1.29 is 14.3 Å². The number of ether oxygens (including phenoxy) is 1. The molecule has 0 spiro atoms. The molecule has 3 heteroatoms. The molecule has 0 N–H and O–H groups in total. The lowest BCUT2D eigenvalue weighted by molar-refractivity contribution is -0.149. The van der Waals surface area contributed by atoms with Crippen molar-refractivity contribution in [1.29, 1.82) is 0 Å². The van der Waals surface area contributed by atoms with E-state index in [4.69, 9.17) is 4.74 Å². The van der Waals surface area contributed by atoms with Crippen LogP contribution in [0.4, 0.5) is 0 Å². The molecule has 0 aromatic carbocycles. The highest BCUT2D eigenvalue weighted by molar-refractivity contribution is 6.00. The summed E-state index contributed by atoms with van der Waals surface area (Å²) in [5, 5.41) is 0. The Morgan fingerprint density at radius 1 is 1.42 bits per heavy atom. The zero-order chi connectivity index (χ0) is 9.72. The molecule has 0 amide bonds. The van der Waals surface area contributed by atoms with Crippen LogP contribution < -0.4 is 0 Å². The highest BCUT2D eigenvalue weighted by Gasteiger charge is 2.24. The van der Waals surface area contributed by atoms with Crippen molar-refractivity contribution in [2.24, 2.45) is 5.92 Å². The molecule has 0 saturated carbocycles. The average Bonchev–Trinajstić information content (AvgIpc) is 1.85. The van der Waals surface area contributed by atoms with Gasteiger partial charge in [0.1, 0.15) is 11.7 Å². The second-order valence-corrected chi connectivity index (χ2v) is 2.64. The highest BCUT2D eigenvalue weighted by Crippen LogP contribution is 2.11. The molecule has 0 bridgehead atoms. The van der Waals surface area contributed by atoms with Crippen LogP contribution in [-0.2, 0) is 14.3 Å². The quantitative estimate of drug-likeness (QED) is 0.363. The van der Waals surface area contributed by atoms with Crippen molar-refractivity contribution in [3.63, 3.8) is 0 Å². The third kappa shape index (κ3) is 2.86. The summed E-state index contributed by atoms with van der Waals surface area (Å²) in [5.41, 5.74) is 0.529. The lowest BCUT2D eigenvalue weighted by atomic mass is 9.98. The van der Waals surface area contributed by atoms with E-state index in [0.29, 0.717) is 5.57 Å². The fraction of sp³-hybridized carbons (Fsp3) is 0.556. The normalized spacial score (nSPS) is 11.9. The van der Waals surface area contributed by atoms with Crippen LogP contribution in [0.2, 0.25) is 0 Å². The molecule has 0 heterocycles. The van der Waals surface area contributed by atoms with Gasteiger partial charge in [0.15, 0.2) is 0 Å². The van der Waals surface area contributed by atoms with E-state index in [-0.39, 0.29) is 12.4 Å². The molecule has 0 radical (unpaired) electrons. The van der Waals surface area contributed by atoms with Crippen molar-refractivity contribution in [3.8, 4) is 0 Å². The van der Waals surface area contributed by atoms with Crippen LogP contribution in [-0.4, -0.2) is 18.4 Å². The van der Waals surface area contributed by atoms with Crippen molar-refractivity contribution >= 4 is 11.8 Å². The van der Waals surface area contributed by atoms with Crippen LogP contribution in [0.1, 0.15) is 20.8 Å². The van der Waals surface area contributed by atoms with Gasteiger partial charge in [0.25, 0.3) is 0 Å². The van der Waals surface area contributed by atoms with Crippen LogP contribution in [0, 0.1) is 5.92 Å². The number of hydrogen-bond donors (Lipinski definition) is 0. The predicted octanol–water partition coefficient (Wildman–Crippen LogP) is 1.33. The largest absolute Gasteiger partial charge is 0.465 e. The van der Waals surface area contributed by atoms with Gasteiger partial charge in [0.2, 0.25) is 0 Å². The molecule has 0 rings (SSSR count). The van der Waals surface area contributed by atoms with Crippen molar-refractivity contribution in [3.05, 3.63) is 12.2 Å². The lowest BCUT2D eigenvalue weighted by Gasteiger charge is -2.11. The number of carbonyl (C=O) groups is 2. The molecule has 0 aromatic heterocycles. The Balaban J connectivity index is 4.41. The van der Waals surface area contributed by atoms with Gasteiger partial charge in [-0.2, -0.15) is 0 Å². The molecule has 0 aliphatic carbocycles. The van der Waals surface area contributed by atoms with Gasteiger partial charge in [-0.15, -0.1) is 0 Å². The van der Waals surface area contributed by atoms with E-state index in [0.717, 1.165) is 0 Å². The Hall–Kier alpha value is -1.12. The summed E-state index contributed by atoms with van der Waals surface area (Å²) in [4.78, 5) is 22.1. The van der Waals surface area contributed by atoms with E-state index in [1.807, 2.05) is 0 Å². The summed E-state index contributed by atoms with van der Waals surface area (Å²) in [7, 11) is 0. The monoisotopic (exact) mass is 170 g/mol. The van der Waals surface area contributed by atoms with E-state index in [2.05, 4.69) is 6.58 Å². The summed E-state index contributed by atoms with van der Waals surface area (Å²) in [6.45, 7) is 8.55. The van der Waals surface area contributed by atoms with Gasteiger partial charge in [-0.05, 0) is 20.8 Å². The second kappa shape index (κ2) is 4.70. The van der Waals surface area contributed by atoms with E-state index in [1.165, 1.54) is 6.92 Å². The number of carbonyl (C=O) groups excluding carboxylic acids is 2. The van der Waals surface area contributed by atoms with Crippen molar-refractivity contribution in [2.75, 3.05) is 6.61 Å². The molecule has 3 nitrogen and oxygen atoms in total. The molecule has 68 valence electrons. The summed E-state index contributed by atoms with van der Waals surface area (Å²) in [5.74, 6) is -1.51. The smallest absolute Gasteiger partial charge is 0.320 e. The average molecular weight is 170 g/mol. The minimum absolute atomic E-state index is 0.221. The third-order valence-corrected chi connectivity index (χ3v) is 1.42. The fourth-order valence-electron chi connectivity index (χ4n) is 0.940. The van der Waals surface area contributed by atoms with E-state index >= 15 is 0 Å². The molecular weight excluding hydrogens is 156 g/mol. The van der Waals surface area contributed by atoms with Gasteiger partial charge < -0.3 is 4.74 Å². The van der Waals surface area contributed by atoms with Crippen LogP contribution in [0.3, 0.4) is 0 Å². The minimum atomic E-state index is -0.787. The first-order chi connectivity index (χ1) is 5.50. The highest BCUT2D eigenvalue weighted by atomic mass is 16.5. The maximum Gasteiger partial charge on any atom is 0.320 e. The molecule has 0 aliphatic rings.